The third-order valence-electron chi connectivity index (χ3n) is 5.31. The summed E-state index contributed by atoms with van der Waals surface area (Å²) in [7, 11) is 1.76. The molecule has 22 heavy (non-hydrogen) atoms. The maximum Gasteiger partial charge on any atom is 0.258 e. The first-order chi connectivity index (χ1) is 10.5. The average molecular weight is 326 g/mol. The minimum absolute atomic E-state index is 0.0393. The van der Waals surface area contributed by atoms with Crippen molar-refractivity contribution in [3.8, 4) is 0 Å². The molecule has 2 fully saturated rings. The normalized spacial score (nSPS) is 28.5. The molecule has 2 heterocycles. The monoisotopic (exact) mass is 325 g/mol. The molecule has 2 unspecified atom stereocenters. The SMILES string of the molecule is CCc1nn(C)c(Cl)c1C(=O)N1CCC2(O)CCCCC2C1. The summed E-state index contributed by atoms with van der Waals surface area (Å²) >= 11 is 6.28. The van der Waals surface area contributed by atoms with Crippen LogP contribution < -0.4 is 0 Å². The number of carbonyl (C=O) groups excluding carboxylic acids is 1. The Hall–Kier alpha value is -1.07. The van der Waals surface area contributed by atoms with Gasteiger partial charge in [-0.25, -0.2) is 0 Å². The van der Waals surface area contributed by atoms with Crippen molar-refractivity contribution >= 4 is 17.5 Å². The van der Waals surface area contributed by atoms with E-state index in [1.54, 1.807) is 11.7 Å². The second kappa shape index (κ2) is 5.85. The Morgan fingerprint density at radius 1 is 1.45 bits per heavy atom. The zero-order chi connectivity index (χ0) is 15.9. The van der Waals surface area contributed by atoms with Gasteiger partial charge in [0.05, 0.1) is 16.9 Å². The van der Waals surface area contributed by atoms with Crippen molar-refractivity contribution in [1.29, 1.82) is 0 Å². The van der Waals surface area contributed by atoms with Crippen LogP contribution in [0.25, 0.3) is 0 Å². The summed E-state index contributed by atoms with van der Waals surface area (Å²) in [5.74, 6) is 0.155. The maximum atomic E-state index is 12.9. The standard InChI is InChI=1S/C16H24ClN3O2/c1-3-12-13(14(17)19(2)18-12)15(21)20-9-8-16(22)7-5-4-6-11(16)10-20/h11,22H,3-10H2,1-2H3. The number of fused-ring (bicyclic) bond motifs is 1. The predicted octanol–water partition coefficient (Wildman–Crippen LogP) is 2.40. The molecule has 0 bridgehead atoms. The van der Waals surface area contributed by atoms with E-state index in [4.69, 9.17) is 11.6 Å². The molecule has 1 aromatic rings. The van der Waals surface area contributed by atoms with Crippen molar-refractivity contribution < 1.29 is 9.90 Å². The summed E-state index contributed by atoms with van der Waals surface area (Å²) < 4.78 is 1.56. The van der Waals surface area contributed by atoms with Crippen LogP contribution >= 0.6 is 11.6 Å². The number of halogens is 1. The number of rotatable bonds is 2. The molecule has 1 aliphatic heterocycles. The second-order valence-electron chi connectivity index (χ2n) is 6.64. The highest BCUT2D eigenvalue weighted by atomic mass is 35.5. The predicted molar refractivity (Wildman–Crippen MR) is 85.0 cm³/mol. The number of aromatic nitrogens is 2. The molecule has 2 aliphatic rings. The number of carbonyl (C=O) groups is 1. The molecule has 3 rings (SSSR count). The summed E-state index contributed by atoms with van der Waals surface area (Å²) in [5, 5.41) is 15.5. The van der Waals surface area contributed by atoms with Crippen LogP contribution in [0.1, 0.15) is 55.1 Å². The number of hydrogen-bond acceptors (Lipinski definition) is 3. The molecule has 0 spiro atoms. The van der Waals surface area contributed by atoms with Gasteiger partial charge in [-0.15, -0.1) is 0 Å². The number of piperidine rings is 1. The minimum Gasteiger partial charge on any atom is -0.389 e. The van der Waals surface area contributed by atoms with E-state index in [1.165, 1.54) is 0 Å². The quantitative estimate of drug-likeness (QED) is 0.908. The number of aryl methyl sites for hydroxylation is 2. The molecule has 0 radical (unpaired) electrons. The number of amides is 1. The van der Waals surface area contributed by atoms with Gasteiger partial charge >= 0.3 is 0 Å². The molecule has 5 nitrogen and oxygen atoms in total. The van der Waals surface area contributed by atoms with Crippen LogP contribution in [0.15, 0.2) is 0 Å². The third kappa shape index (κ3) is 2.54. The van der Waals surface area contributed by atoms with E-state index in [0.29, 0.717) is 36.6 Å². The van der Waals surface area contributed by atoms with Crippen LogP contribution in [0.3, 0.4) is 0 Å². The Kier molecular flexibility index (Phi) is 4.21. The van der Waals surface area contributed by atoms with Crippen molar-refractivity contribution in [3.05, 3.63) is 16.4 Å². The average Bonchev–Trinajstić information content (AvgIpc) is 2.80. The summed E-state index contributed by atoms with van der Waals surface area (Å²) in [6.45, 7) is 3.20. The van der Waals surface area contributed by atoms with Gasteiger partial charge in [-0.05, 0) is 25.7 Å². The smallest absolute Gasteiger partial charge is 0.258 e. The second-order valence-corrected chi connectivity index (χ2v) is 7.00. The minimum atomic E-state index is -0.568. The molecule has 1 saturated heterocycles. The van der Waals surface area contributed by atoms with Crippen LogP contribution in [0.4, 0.5) is 0 Å². The summed E-state index contributed by atoms with van der Waals surface area (Å²) in [6, 6.07) is 0. The molecule has 1 aromatic heterocycles. The maximum absolute atomic E-state index is 12.9. The molecule has 1 saturated carbocycles. The van der Waals surface area contributed by atoms with Crippen molar-refractivity contribution in [2.24, 2.45) is 13.0 Å². The molecular formula is C16H24ClN3O2. The largest absolute Gasteiger partial charge is 0.389 e. The third-order valence-corrected chi connectivity index (χ3v) is 5.75. The fraction of sp³-hybridized carbons (Fsp3) is 0.750. The highest BCUT2D eigenvalue weighted by Gasteiger charge is 2.44. The molecule has 1 aliphatic carbocycles. The fourth-order valence-corrected chi connectivity index (χ4v) is 4.16. The summed E-state index contributed by atoms with van der Waals surface area (Å²) in [4.78, 5) is 14.8. The van der Waals surface area contributed by atoms with Crippen LogP contribution in [0.2, 0.25) is 5.15 Å². The zero-order valence-corrected chi connectivity index (χ0v) is 14.1. The van der Waals surface area contributed by atoms with Crippen LogP contribution in [-0.4, -0.2) is 44.4 Å². The van der Waals surface area contributed by atoms with E-state index in [-0.39, 0.29) is 11.8 Å². The van der Waals surface area contributed by atoms with Crippen molar-refractivity contribution in [2.45, 2.75) is 51.0 Å². The topological polar surface area (TPSA) is 58.4 Å². The van der Waals surface area contributed by atoms with Crippen molar-refractivity contribution in [1.82, 2.24) is 14.7 Å². The number of hydrogen-bond donors (Lipinski definition) is 1. The number of aliphatic hydroxyl groups is 1. The molecule has 122 valence electrons. The van der Waals surface area contributed by atoms with Gasteiger partial charge in [-0.1, -0.05) is 31.4 Å². The van der Waals surface area contributed by atoms with Gasteiger partial charge in [0.15, 0.2) is 0 Å². The molecule has 1 N–H and O–H groups in total. The first-order valence-electron chi connectivity index (χ1n) is 8.19. The lowest BCUT2D eigenvalue weighted by Gasteiger charge is -2.47. The summed E-state index contributed by atoms with van der Waals surface area (Å²) in [5.41, 5.74) is 0.719. The van der Waals surface area contributed by atoms with Crippen molar-refractivity contribution in [2.75, 3.05) is 13.1 Å². The van der Waals surface area contributed by atoms with Gasteiger partial charge in [0.1, 0.15) is 5.15 Å². The Bertz CT molecular complexity index is 586. The van der Waals surface area contributed by atoms with Gasteiger partial charge in [0, 0.05) is 26.1 Å². The molecule has 2 atom stereocenters. The molecule has 0 aromatic carbocycles. The Balaban J connectivity index is 1.82. The van der Waals surface area contributed by atoms with E-state index < -0.39 is 5.60 Å². The van der Waals surface area contributed by atoms with E-state index in [9.17, 15) is 9.90 Å². The fourth-order valence-electron chi connectivity index (χ4n) is 3.93. The van der Waals surface area contributed by atoms with Gasteiger partial charge in [-0.2, -0.15) is 5.10 Å². The van der Waals surface area contributed by atoms with Gasteiger partial charge in [-0.3, -0.25) is 9.48 Å². The van der Waals surface area contributed by atoms with Gasteiger partial charge < -0.3 is 10.0 Å². The lowest BCUT2D eigenvalue weighted by molar-refractivity contribution is -0.0886. The Morgan fingerprint density at radius 2 is 2.23 bits per heavy atom. The van der Waals surface area contributed by atoms with Crippen molar-refractivity contribution in [3.63, 3.8) is 0 Å². The Labute approximate surface area is 136 Å². The van der Waals surface area contributed by atoms with Gasteiger partial charge in [0.2, 0.25) is 0 Å². The lowest BCUT2D eigenvalue weighted by atomic mass is 9.71. The molecule has 1 amide bonds. The zero-order valence-electron chi connectivity index (χ0n) is 13.3. The van der Waals surface area contributed by atoms with Crippen LogP contribution in [-0.2, 0) is 13.5 Å². The first-order valence-corrected chi connectivity index (χ1v) is 8.57. The lowest BCUT2D eigenvalue weighted by Crippen LogP contribution is -2.54. The van der Waals surface area contributed by atoms with E-state index >= 15 is 0 Å². The number of nitrogens with zero attached hydrogens (tertiary/aromatic N) is 3. The van der Waals surface area contributed by atoms with Crippen LogP contribution in [0, 0.1) is 5.92 Å². The molecular weight excluding hydrogens is 302 g/mol. The number of likely N-dealkylation sites (tertiary alicyclic amines) is 1. The highest BCUT2D eigenvalue weighted by Crippen LogP contribution is 2.40. The van der Waals surface area contributed by atoms with E-state index in [0.717, 1.165) is 31.4 Å². The van der Waals surface area contributed by atoms with E-state index in [1.807, 2.05) is 11.8 Å². The first kappa shape index (κ1) is 15.8. The molecule has 6 heteroatoms. The summed E-state index contributed by atoms with van der Waals surface area (Å²) in [6.07, 6.45) is 5.46. The van der Waals surface area contributed by atoms with Crippen LogP contribution in [0.5, 0.6) is 0 Å². The van der Waals surface area contributed by atoms with Gasteiger partial charge in [0.25, 0.3) is 5.91 Å². The van der Waals surface area contributed by atoms with E-state index in [2.05, 4.69) is 5.10 Å². The highest BCUT2D eigenvalue weighted by molar-refractivity contribution is 6.33. The Morgan fingerprint density at radius 3 is 2.95 bits per heavy atom.